The van der Waals surface area contributed by atoms with Crippen molar-refractivity contribution in [1.29, 1.82) is 0 Å². The number of aryl methyl sites for hydroxylation is 2. The standard InChI is InChI=1S/C19H21NO3/c1-13-3-6-15(7-4-13)23-12-19(22)20-10-9-18(21)16-11-14(2)5-8-17(16)20/h3-8,11,18,21H,9-10,12H2,1-2H3. The largest absolute Gasteiger partial charge is 0.484 e. The summed E-state index contributed by atoms with van der Waals surface area (Å²) in [6.07, 6.45) is 0.0409. The minimum Gasteiger partial charge on any atom is -0.484 e. The van der Waals surface area contributed by atoms with Crippen LogP contribution in [0.3, 0.4) is 0 Å². The van der Waals surface area contributed by atoms with Crippen molar-refractivity contribution in [3.8, 4) is 5.75 Å². The van der Waals surface area contributed by atoms with Gasteiger partial charge in [-0.1, -0.05) is 35.4 Å². The predicted molar refractivity (Wildman–Crippen MR) is 89.8 cm³/mol. The Labute approximate surface area is 136 Å². The number of aliphatic hydroxyl groups is 1. The summed E-state index contributed by atoms with van der Waals surface area (Å²) in [5.74, 6) is 0.590. The Morgan fingerprint density at radius 3 is 2.61 bits per heavy atom. The maximum atomic E-state index is 12.5. The maximum Gasteiger partial charge on any atom is 0.264 e. The lowest BCUT2D eigenvalue weighted by molar-refractivity contribution is -0.120. The molecule has 1 atom stereocenters. The number of hydrogen-bond acceptors (Lipinski definition) is 3. The van der Waals surface area contributed by atoms with E-state index in [2.05, 4.69) is 0 Å². The fraction of sp³-hybridized carbons (Fsp3) is 0.316. The van der Waals surface area contributed by atoms with Crippen LogP contribution in [0.1, 0.15) is 29.2 Å². The van der Waals surface area contributed by atoms with Crippen LogP contribution in [-0.4, -0.2) is 24.2 Å². The third kappa shape index (κ3) is 3.37. The molecule has 1 N–H and O–H groups in total. The van der Waals surface area contributed by atoms with Gasteiger partial charge in [-0.2, -0.15) is 0 Å². The molecule has 1 aliphatic rings. The third-order valence-corrected chi connectivity index (χ3v) is 4.14. The van der Waals surface area contributed by atoms with Gasteiger partial charge in [-0.25, -0.2) is 0 Å². The molecule has 0 radical (unpaired) electrons. The fourth-order valence-corrected chi connectivity index (χ4v) is 2.83. The Balaban J connectivity index is 1.73. The molecule has 0 fully saturated rings. The lowest BCUT2D eigenvalue weighted by atomic mass is 9.97. The van der Waals surface area contributed by atoms with E-state index in [-0.39, 0.29) is 12.5 Å². The summed E-state index contributed by atoms with van der Waals surface area (Å²) in [7, 11) is 0. The van der Waals surface area contributed by atoms with Crippen LogP contribution in [0, 0.1) is 13.8 Å². The second kappa shape index (κ2) is 6.42. The number of benzene rings is 2. The van der Waals surface area contributed by atoms with Crippen molar-refractivity contribution in [3.05, 3.63) is 59.2 Å². The van der Waals surface area contributed by atoms with E-state index in [1.807, 2.05) is 56.3 Å². The number of hydrogen-bond donors (Lipinski definition) is 1. The van der Waals surface area contributed by atoms with Crippen LogP contribution >= 0.6 is 0 Å². The first-order valence-electron chi connectivity index (χ1n) is 7.83. The molecule has 23 heavy (non-hydrogen) atoms. The van der Waals surface area contributed by atoms with Crippen molar-refractivity contribution in [2.24, 2.45) is 0 Å². The summed E-state index contributed by atoms with van der Waals surface area (Å²) >= 11 is 0. The minimum absolute atomic E-state index is 0.00747. The first-order chi connectivity index (χ1) is 11.0. The SMILES string of the molecule is Cc1ccc(OCC(=O)N2CCC(O)c3cc(C)ccc32)cc1. The summed E-state index contributed by atoms with van der Waals surface area (Å²) in [6.45, 7) is 4.49. The van der Waals surface area contributed by atoms with E-state index in [0.29, 0.717) is 18.7 Å². The molecule has 4 nitrogen and oxygen atoms in total. The van der Waals surface area contributed by atoms with E-state index in [0.717, 1.165) is 22.4 Å². The number of carbonyl (C=O) groups is 1. The van der Waals surface area contributed by atoms with Gasteiger partial charge in [0.15, 0.2) is 6.61 Å². The number of nitrogens with zero attached hydrogens (tertiary/aromatic N) is 1. The zero-order chi connectivity index (χ0) is 16.4. The average Bonchev–Trinajstić information content (AvgIpc) is 2.55. The molecule has 0 saturated carbocycles. The molecule has 0 aromatic heterocycles. The van der Waals surface area contributed by atoms with Crippen molar-refractivity contribution in [1.82, 2.24) is 0 Å². The topological polar surface area (TPSA) is 49.8 Å². The maximum absolute atomic E-state index is 12.5. The van der Waals surface area contributed by atoms with Gasteiger partial charge in [-0.15, -0.1) is 0 Å². The number of ether oxygens (including phenoxy) is 1. The third-order valence-electron chi connectivity index (χ3n) is 4.14. The van der Waals surface area contributed by atoms with E-state index in [1.165, 1.54) is 0 Å². The first kappa shape index (κ1) is 15.6. The zero-order valence-corrected chi connectivity index (χ0v) is 13.5. The molecule has 3 rings (SSSR count). The van der Waals surface area contributed by atoms with Gasteiger partial charge in [-0.3, -0.25) is 4.79 Å². The second-order valence-corrected chi connectivity index (χ2v) is 6.01. The number of aliphatic hydroxyl groups excluding tert-OH is 1. The predicted octanol–water partition coefficient (Wildman–Crippen LogP) is 3.15. The Morgan fingerprint density at radius 1 is 1.17 bits per heavy atom. The van der Waals surface area contributed by atoms with E-state index < -0.39 is 6.10 Å². The van der Waals surface area contributed by atoms with Gasteiger partial charge < -0.3 is 14.7 Å². The van der Waals surface area contributed by atoms with Crippen LogP contribution in [-0.2, 0) is 4.79 Å². The van der Waals surface area contributed by atoms with Gasteiger partial charge in [0, 0.05) is 17.8 Å². The summed E-state index contributed by atoms with van der Waals surface area (Å²) in [5, 5.41) is 10.2. The molecule has 120 valence electrons. The molecular formula is C19H21NO3. The van der Waals surface area contributed by atoms with Crippen LogP contribution in [0.15, 0.2) is 42.5 Å². The molecule has 0 bridgehead atoms. The number of amides is 1. The number of carbonyl (C=O) groups excluding carboxylic acids is 1. The minimum atomic E-state index is -0.507. The number of rotatable bonds is 3. The van der Waals surface area contributed by atoms with Crippen molar-refractivity contribution < 1.29 is 14.6 Å². The van der Waals surface area contributed by atoms with E-state index in [9.17, 15) is 9.90 Å². The Bertz CT molecular complexity index is 709. The molecule has 1 amide bonds. The normalized spacial score (nSPS) is 16.8. The number of fused-ring (bicyclic) bond motifs is 1. The first-order valence-corrected chi connectivity index (χ1v) is 7.83. The highest BCUT2D eigenvalue weighted by atomic mass is 16.5. The molecular weight excluding hydrogens is 290 g/mol. The molecule has 1 aliphatic heterocycles. The molecule has 4 heteroatoms. The van der Waals surface area contributed by atoms with Crippen molar-refractivity contribution in [3.63, 3.8) is 0 Å². The molecule has 2 aromatic carbocycles. The van der Waals surface area contributed by atoms with E-state index >= 15 is 0 Å². The van der Waals surface area contributed by atoms with Crippen LogP contribution < -0.4 is 9.64 Å². The lowest BCUT2D eigenvalue weighted by Gasteiger charge is -2.32. The van der Waals surface area contributed by atoms with Crippen LogP contribution in [0.5, 0.6) is 5.75 Å². The average molecular weight is 311 g/mol. The molecule has 0 saturated heterocycles. The Hall–Kier alpha value is -2.33. The summed E-state index contributed by atoms with van der Waals surface area (Å²) in [5.41, 5.74) is 3.83. The number of anilines is 1. The molecule has 2 aromatic rings. The van der Waals surface area contributed by atoms with Gasteiger partial charge in [0.2, 0.25) is 0 Å². The van der Waals surface area contributed by atoms with Crippen molar-refractivity contribution in [2.75, 3.05) is 18.1 Å². The molecule has 1 heterocycles. The Morgan fingerprint density at radius 2 is 1.87 bits per heavy atom. The summed E-state index contributed by atoms with van der Waals surface area (Å²) in [4.78, 5) is 14.2. The monoisotopic (exact) mass is 311 g/mol. The second-order valence-electron chi connectivity index (χ2n) is 6.01. The van der Waals surface area contributed by atoms with Crippen LogP contribution in [0.2, 0.25) is 0 Å². The van der Waals surface area contributed by atoms with Gasteiger partial charge >= 0.3 is 0 Å². The summed E-state index contributed by atoms with van der Waals surface area (Å²) in [6, 6.07) is 13.4. The Kier molecular flexibility index (Phi) is 4.35. The van der Waals surface area contributed by atoms with Gasteiger partial charge in [0.25, 0.3) is 5.91 Å². The smallest absolute Gasteiger partial charge is 0.264 e. The van der Waals surface area contributed by atoms with Crippen molar-refractivity contribution >= 4 is 11.6 Å². The molecule has 0 spiro atoms. The lowest BCUT2D eigenvalue weighted by Crippen LogP contribution is -2.39. The van der Waals surface area contributed by atoms with Gasteiger partial charge in [-0.05, 0) is 38.5 Å². The van der Waals surface area contributed by atoms with Gasteiger partial charge in [0.05, 0.1) is 6.10 Å². The highest BCUT2D eigenvalue weighted by molar-refractivity contribution is 5.95. The quantitative estimate of drug-likeness (QED) is 0.947. The highest BCUT2D eigenvalue weighted by Crippen LogP contribution is 2.34. The fourth-order valence-electron chi connectivity index (χ4n) is 2.83. The van der Waals surface area contributed by atoms with Crippen molar-refractivity contribution in [2.45, 2.75) is 26.4 Å². The van der Waals surface area contributed by atoms with E-state index in [1.54, 1.807) is 4.90 Å². The van der Waals surface area contributed by atoms with E-state index in [4.69, 9.17) is 4.74 Å². The summed E-state index contributed by atoms with van der Waals surface area (Å²) < 4.78 is 5.59. The zero-order valence-electron chi connectivity index (χ0n) is 13.5. The molecule has 0 aliphatic carbocycles. The van der Waals surface area contributed by atoms with Gasteiger partial charge in [0.1, 0.15) is 5.75 Å². The van der Waals surface area contributed by atoms with Crippen LogP contribution in [0.25, 0.3) is 0 Å². The molecule has 1 unspecified atom stereocenters. The van der Waals surface area contributed by atoms with Crippen LogP contribution in [0.4, 0.5) is 5.69 Å². The highest BCUT2D eigenvalue weighted by Gasteiger charge is 2.27.